The molecule has 0 rings (SSSR count). The Hall–Kier alpha value is -0.321. The summed E-state index contributed by atoms with van der Waals surface area (Å²) in [5.74, 6) is 0. The normalized spacial score (nSPS) is 4.00. The third-order valence-electron chi connectivity index (χ3n) is 0. The zero-order valence-corrected chi connectivity index (χ0v) is 3.98. The van der Waals surface area contributed by atoms with E-state index in [0.29, 0.717) is 0 Å². The van der Waals surface area contributed by atoms with Gasteiger partial charge >= 0.3 is 0 Å². The molecule has 39 valence electrons. The fraction of sp³-hybridized carbons (Fsp3) is 0. The number of hydrogen-bond acceptors (Lipinski definition) is 3. The van der Waals surface area contributed by atoms with E-state index in [1.54, 1.807) is 0 Å². The van der Waals surface area contributed by atoms with E-state index in [1.165, 1.54) is 0 Å². The van der Waals surface area contributed by atoms with Crippen molar-refractivity contribution in [1.82, 2.24) is 6.15 Å². The molecule has 0 amide bonds. The van der Waals surface area contributed by atoms with Crippen molar-refractivity contribution in [3.05, 3.63) is 10.1 Å². The predicted octanol–water partition coefficient (Wildman–Crippen LogP) is -0.188. The molecule has 0 spiro atoms. The number of rotatable bonds is 0. The Balaban J connectivity index is -0.0000000450. The fourth-order valence-corrected chi connectivity index (χ4v) is 0. The summed E-state index contributed by atoms with van der Waals surface area (Å²) in [4.78, 5) is 8.36. The molecule has 6 heteroatoms. The van der Waals surface area contributed by atoms with Gasteiger partial charge in [0.1, 0.15) is 0 Å². The third kappa shape index (κ3) is 257. The van der Waals surface area contributed by atoms with Gasteiger partial charge in [0.25, 0.3) is 5.09 Å². The molecule has 0 aliphatic heterocycles. The van der Waals surface area contributed by atoms with Crippen LogP contribution in [0.2, 0.25) is 0 Å². The summed E-state index contributed by atoms with van der Waals surface area (Å²) in [5.41, 5.74) is 0. The van der Waals surface area contributed by atoms with Crippen LogP contribution in [0.4, 0.5) is 0 Å². The first-order valence-electron chi connectivity index (χ1n) is 0.565. The van der Waals surface area contributed by atoms with Gasteiger partial charge in [-0.05, 0) is 0 Å². The molecule has 0 saturated carbocycles. The van der Waals surface area contributed by atoms with Gasteiger partial charge < -0.3 is 11.4 Å². The molecule has 0 aliphatic carbocycles. The van der Waals surface area contributed by atoms with E-state index in [4.69, 9.17) is 15.3 Å². The van der Waals surface area contributed by atoms with Crippen LogP contribution in [0.25, 0.3) is 0 Å². The maximum Gasteiger partial charge on any atom is 0.291 e. The standard InChI is InChI=1S/Mn.HNO3.H3N/c;2-1(3)4;/h;(H,2,3,4);1H3. The maximum atomic E-state index is 8.36. The Morgan fingerprint density at radius 2 is 1.67 bits per heavy atom. The van der Waals surface area contributed by atoms with Gasteiger partial charge in [0.05, 0.1) is 0 Å². The van der Waals surface area contributed by atoms with Crippen LogP contribution in [0.15, 0.2) is 0 Å². The van der Waals surface area contributed by atoms with E-state index in [1.807, 2.05) is 0 Å². The summed E-state index contributed by atoms with van der Waals surface area (Å²) in [6.45, 7) is 0. The number of hydrogen-bond donors (Lipinski definition) is 2. The summed E-state index contributed by atoms with van der Waals surface area (Å²) in [6, 6.07) is 0. The minimum atomic E-state index is -1.50. The Labute approximate surface area is 44.5 Å². The van der Waals surface area contributed by atoms with Gasteiger partial charge in [-0.3, -0.25) is 0 Å². The van der Waals surface area contributed by atoms with Crippen LogP contribution in [0, 0.1) is 10.1 Å². The van der Waals surface area contributed by atoms with Crippen LogP contribution in [-0.2, 0) is 17.1 Å². The van der Waals surface area contributed by atoms with Crippen LogP contribution in [-0.4, -0.2) is 10.3 Å². The molecule has 0 fully saturated rings. The molecule has 0 aromatic heterocycles. The number of nitrogens with zero attached hydrogens (tertiary/aromatic N) is 1. The van der Waals surface area contributed by atoms with E-state index in [2.05, 4.69) is 0 Å². The van der Waals surface area contributed by atoms with Crippen LogP contribution < -0.4 is 6.15 Å². The predicted molar refractivity (Wildman–Crippen MR) is 13.8 cm³/mol. The van der Waals surface area contributed by atoms with E-state index in [9.17, 15) is 0 Å². The van der Waals surface area contributed by atoms with Crippen LogP contribution in [0.5, 0.6) is 0 Å². The SMILES string of the molecule is N.O=[N+]([O-])O.[Mn]. The first-order valence-corrected chi connectivity index (χ1v) is 0.565. The first-order chi connectivity index (χ1) is 1.73. The molecule has 0 aromatic rings. The van der Waals surface area contributed by atoms with Gasteiger partial charge in [0.2, 0.25) is 0 Å². The van der Waals surface area contributed by atoms with Crippen molar-refractivity contribution in [1.29, 1.82) is 0 Å². The van der Waals surface area contributed by atoms with Crippen molar-refractivity contribution < 1.29 is 27.4 Å². The quantitative estimate of drug-likeness (QED) is 0.273. The fourth-order valence-electron chi connectivity index (χ4n) is 0. The zero-order valence-electron chi connectivity index (χ0n) is 2.80. The molecule has 0 aromatic carbocycles. The Kier molecular flexibility index (Phi) is 25.5. The summed E-state index contributed by atoms with van der Waals surface area (Å²) in [5, 5.41) is 13.6. The van der Waals surface area contributed by atoms with Gasteiger partial charge in [-0.1, -0.05) is 0 Å². The molecule has 0 heterocycles. The third-order valence-corrected chi connectivity index (χ3v) is 0. The first kappa shape index (κ1) is 17.3. The van der Waals surface area contributed by atoms with Crippen LogP contribution in [0.3, 0.4) is 0 Å². The Morgan fingerprint density at radius 1 is 1.67 bits per heavy atom. The zero-order chi connectivity index (χ0) is 3.58. The Morgan fingerprint density at radius 3 is 1.67 bits per heavy atom. The summed E-state index contributed by atoms with van der Waals surface area (Å²) >= 11 is 0. The van der Waals surface area contributed by atoms with Gasteiger partial charge in [-0.2, -0.15) is 0 Å². The minimum absolute atomic E-state index is 0. The monoisotopic (exact) mass is 135 g/mol. The Bertz CT molecular complexity index is 31.8. The second-order valence-corrected chi connectivity index (χ2v) is 0.238. The molecular formula is H4MnN2O3. The van der Waals surface area contributed by atoms with E-state index < -0.39 is 5.09 Å². The molecule has 0 atom stereocenters. The van der Waals surface area contributed by atoms with Crippen molar-refractivity contribution in [2.75, 3.05) is 0 Å². The van der Waals surface area contributed by atoms with Crippen molar-refractivity contribution in [2.24, 2.45) is 0 Å². The molecule has 0 saturated heterocycles. The van der Waals surface area contributed by atoms with Crippen LogP contribution in [0.1, 0.15) is 0 Å². The summed E-state index contributed by atoms with van der Waals surface area (Å²) in [6.07, 6.45) is 0. The largest absolute Gasteiger partial charge is 0.344 e. The van der Waals surface area contributed by atoms with Crippen molar-refractivity contribution in [3.8, 4) is 0 Å². The molecule has 0 aliphatic rings. The second-order valence-electron chi connectivity index (χ2n) is 0.238. The summed E-state index contributed by atoms with van der Waals surface area (Å²) < 4.78 is 0. The second kappa shape index (κ2) is 8.82. The van der Waals surface area contributed by atoms with Gasteiger partial charge in [-0.25, -0.2) is 0 Å². The molecule has 6 heavy (non-hydrogen) atoms. The minimum Gasteiger partial charge on any atom is -0.344 e. The molecular weight excluding hydrogens is 131 g/mol. The van der Waals surface area contributed by atoms with Gasteiger partial charge in [0, 0.05) is 17.1 Å². The molecule has 5 nitrogen and oxygen atoms in total. The molecule has 0 bridgehead atoms. The van der Waals surface area contributed by atoms with Crippen LogP contribution >= 0.6 is 0 Å². The average Bonchev–Trinajstić information content (AvgIpc) is 0.811. The van der Waals surface area contributed by atoms with Crippen molar-refractivity contribution >= 4 is 0 Å². The average molecular weight is 135 g/mol. The topological polar surface area (TPSA) is 98.4 Å². The van der Waals surface area contributed by atoms with E-state index in [-0.39, 0.29) is 23.2 Å². The molecule has 4 N–H and O–H groups in total. The van der Waals surface area contributed by atoms with E-state index >= 15 is 0 Å². The van der Waals surface area contributed by atoms with Gasteiger partial charge in [-0.15, -0.1) is 10.1 Å². The summed E-state index contributed by atoms with van der Waals surface area (Å²) in [7, 11) is 0. The van der Waals surface area contributed by atoms with Gasteiger partial charge in [0.15, 0.2) is 0 Å². The molecule has 0 unspecified atom stereocenters. The smallest absolute Gasteiger partial charge is 0.291 e. The maximum absolute atomic E-state index is 8.36. The van der Waals surface area contributed by atoms with Crippen molar-refractivity contribution in [2.45, 2.75) is 0 Å². The molecule has 1 radical (unpaired) electrons. The van der Waals surface area contributed by atoms with Crippen molar-refractivity contribution in [3.63, 3.8) is 0 Å². The van der Waals surface area contributed by atoms with E-state index in [0.717, 1.165) is 0 Å².